The zero-order chi connectivity index (χ0) is 9.97. The molecule has 1 unspecified atom stereocenters. The van der Waals surface area contributed by atoms with E-state index in [9.17, 15) is 0 Å². The summed E-state index contributed by atoms with van der Waals surface area (Å²) < 4.78 is 2.92. The van der Waals surface area contributed by atoms with Crippen LogP contribution in [-0.4, -0.2) is 28.1 Å². The van der Waals surface area contributed by atoms with E-state index in [0.717, 1.165) is 29.8 Å². The predicted molar refractivity (Wildman–Crippen MR) is 58.2 cm³/mol. The van der Waals surface area contributed by atoms with Gasteiger partial charge in [-0.3, -0.25) is 0 Å². The molecule has 0 saturated carbocycles. The fourth-order valence-corrected chi connectivity index (χ4v) is 2.17. The molecule has 0 amide bonds. The molecule has 1 aliphatic heterocycles. The third-order valence-corrected chi connectivity index (χ3v) is 3.49. The van der Waals surface area contributed by atoms with Crippen LogP contribution in [0.25, 0.3) is 0 Å². The number of hydrogen-bond donors (Lipinski definition) is 1. The summed E-state index contributed by atoms with van der Waals surface area (Å²) in [6.45, 7) is 4.27. The molecular weight excluding hydrogens is 244 g/mol. The lowest BCUT2D eigenvalue weighted by atomic mass is 10.1. The SMILES string of the molecule is Cc1c(Br)nnn1C1CCCNCC1. The summed E-state index contributed by atoms with van der Waals surface area (Å²) in [6.07, 6.45) is 3.57. The minimum absolute atomic E-state index is 0.517. The predicted octanol–water partition coefficient (Wildman–Crippen LogP) is 1.66. The molecule has 1 saturated heterocycles. The van der Waals surface area contributed by atoms with E-state index in [0.29, 0.717) is 6.04 Å². The van der Waals surface area contributed by atoms with E-state index >= 15 is 0 Å². The maximum absolute atomic E-state index is 4.17. The molecule has 1 aromatic rings. The van der Waals surface area contributed by atoms with Crippen molar-refractivity contribution in [1.82, 2.24) is 20.3 Å². The summed E-state index contributed by atoms with van der Waals surface area (Å²) in [6, 6.07) is 0.517. The highest BCUT2D eigenvalue weighted by Gasteiger charge is 2.17. The lowest BCUT2D eigenvalue weighted by Gasteiger charge is -2.14. The minimum atomic E-state index is 0.517. The lowest BCUT2D eigenvalue weighted by Crippen LogP contribution is -2.16. The highest BCUT2D eigenvalue weighted by Crippen LogP contribution is 2.22. The molecule has 0 spiro atoms. The molecule has 0 aliphatic carbocycles. The van der Waals surface area contributed by atoms with E-state index in [1.165, 1.54) is 12.8 Å². The summed E-state index contributed by atoms with van der Waals surface area (Å²) in [4.78, 5) is 0. The fraction of sp³-hybridized carbons (Fsp3) is 0.778. The molecule has 0 radical (unpaired) electrons. The van der Waals surface area contributed by atoms with Crippen LogP contribution in [0.1, 0.15) is 31.0 Å². The molecule has 1 atom stereocenters. The van der Waals surface area contributed by atoms with Gasteiger partial charge in [-0.15, -0.1) is 5.10 Å². The third-order valence-electron chi connectivity index (χ3n) is 2.76. The van der Waals surface area contributed by atoms with Crippen LogP contribution in [0, 0.1) is 6.92 Å². The number of rotatable bonds is 1. The molecule has 2 rings (SSSR count). The molecule has 1 aromatic heterocycles. The van der Waals surface area contributed by atoms with Gasteiger partial charge in [-0.25, -0.2) is 4.68 Å². The van der Waals surface area contributed by atoms with Crippen molar-refractivity contribution < 1.29 is 0 Å². The Morgan fingerprint density at radius 3 is 3.00 bits per heavy atom. The van der Waals surface area contributed by atoms with Gasteiger partial charge in [-0.1, -0.05) is 5.21 Å². The van der Waals surface area contributed by atoms with Crippen molar-refractivity contribution in [2.24, 2.45) is 0 Å². The van der Waals surface area contributed by atoms with E-state index in [2.05, 4.69) is 43.2 Å². The largest absolute Gasteiger partial charge is 0.317 e. The Kier molecular flexibility index (Phi) is 3.18. The van der Waals surface area contributed by atoms with Crippen molar-refractivity contribution in [2.45, 2.75) is 32.2 Å². The number of nitrogens with one attached hydrogen (secondary N) is 1. The first kappa shape index (κ1) is 10.1. The van der Waals surface area contributed by atoms with Crippen LogP contribution in [-0.2, 0) is 0 Å². The molecule has 4 nitrogen and oxygen atoms in total. The summed E-state index contributed by atoms with van der Waals surface area (Å²) in [5.41, 5.74) is 1.14. The first-order valence-corrected chi connectivity index (χ1v) is 5.86. The Hall–Kier alpha value is -0.420. The first-order valence-electron chi connectivity index (χ1n) is 5.07. The first-order chi connectivity index (χ1) is 6.79. The van der Waals surface area contributed by atoms with Gasteiger partial charge in [-0.2, -0.15) is 0 Å². The maximum Gasteiger partial charge on any atom is 0.151 e. The van der Waals surface area contributed by atoms with Crippen LogP contribution < -0.4 is 5.32 Å². The van der Waals surface area contributed by atoms with Crippen LogP contribution in [0.15, 0.2) is 4.60 Å². The van der Waals surface area contributed by atoms with Gasteiger partial charge >= 0.3 is 0 Å². The summed E-state index contributed by atoms with van der Waals surface area (Å²) in [5, 5.41) is 11.6. The molecule has 1 aliphatic rings. The Morgan fingerprint density at radius 1 is 1.43 bits per heavy atom. The molecule has 78 valence electrons. The smallest absolute Gasteiger partial charge is 0.151 e. The summed E-state index contributed by atoms with van der Waals surface area (Å²) in [5.74, 6) is 0. The Balaban J connectivity index is 2.16. The van der Waals surface area contributed by atoms with Gasteiger partial charge in [0.2, 0.25) is 0 Å². The van der Waals surface area contributed by atoms with Crippen LogP contribution >= 0.6 is 15.9 Å². The normalized spacial score (nSPS) is 23.4. The van der Waals surface area contributed by atoms with Crippen molar-refractivity contribution in [2.75, 3.05) is 13.1 Å². The highest BCUT2D eigenvalue weighted by atomic mass is 79.9. The minimum Gasteiger partial charge on any atom is -0.317 e. The van der Waals surface area contributed by atoms with E-state index in [1.54, 1.807) is 0 Å². The van der Waals surface area contributed by atoms with Crippen LogP contribution in [0.4, 0.5) is 0 Å². The number of aromatic nitrogens is 3. The standard InChI is InChI=1S/C9H15BrN4/c1-7-9(10)12-13-14(7)8-3-2-5-11-6-4-8/h8,11H,2-6H2,1H3. The molecule has 0 aromatic carbocycles. The highest BCUT2D eigenvalue weighted by molar-refractivity contribution is 9.10. The Morgan fingerprint density at radius 2 is 2.29 bits per heavy atom. The van der Waals surface area contributed by atoms with E-state index in [4.69, 9.17) is 0 Å². The number of nitrogens with zero attached hydrogens (tertiary/aromatic N) is 3. The quantitative estimate of drug-likeness (QED) is 0.834. The van der Waals surface area contributed by atoms with E-state index in [1.807, 2.05) is 0 Å². The second-order valence-corrected chi connectivity index (χ2v) is 4.50. The van der Waals surface area contributed by atoms with Crippen molar-refractivity contribution in [3.8, 4) is 0 Å². The van der Waals surface area contributed by atoms with Gasteiger partial charge in [0.05, 0.1) is 11.7 Å². The van der Waals surface area contributed by atoms with Crippen molar-refractivity contribution in [3.63, 3.8) is 0 Å². The lowest BCUT2D eigenvalue weighted by molar-refractivity contribution is 0.397. The molecule has 1 fully saturated rings. The van der Waals surface area contributed by atoms with Gasteiger partial charge in [0.25, 0.3) is 0 Å². The van der Waals surface area contributed by atoms with Gasteiger partial charge in [0.1, 0.15) is 0 Å². The zero-order valence-electron chi connectivity index (χ0n) is 8.33. The monoisotopic (exact) mass is 258 g/mol. The van der Waals surface area contributed by atoms with E-state index in [-0.39, 0.29) is 0 Å². The Labute approximate surface area is 92.2 Å². The summed E-state index contributed by atoms with van der Waals surface area (Å²) in [7, 11) is 0. The molecular formula is C9H15BrN4. The van der Waals surface area contributed by atoms with Crippen molar-refractivity contribution >= 4 is 15.9 Å². The average Bonchev–Trinajstić information content (AvgIpc) is 2.47. The third kappa shape index (κ3) is 1.98. The van der Waals surface area contributed by atoms with Crippen molar-refractivity contribution in [1.29, 1.82) is 0 Å². The second-order valence-electron chi connectivity index (χ2n) is 3.74. The molecule has 14 heavy (non-hydrogen) atoms. The van der Waals surface area contributed by atoms with Crippen LogP contribution in [0.3, 0.4) is 0 Å². The topological polar surface area (TPSA) is 42.7 Å². The van der Waals surface area contributed by atoms with Gasteiger partial charge in [0.15, 0.2) is 4.60 Å². The number of hydrogen-bond acceptors (Lipinski definition) is 3. The maximum atomic E-state index is 4.17. The van der Waals surface area contributed by atoms with E-state index < -0.39 is 0 Å². The molecule has 2 heterocycles. The molecule has 1 N–H and O–H groups in total. The molecule has 5 heteroatoms. The second kappa shape index (κ2) is 4.40. The van der Waals surface area contributed by atoms with Crippen LogP contribution in [0.2, 0.25) is 0 Å². The zero-order valence-corrected chi connectivity index (χ0v) is 9.92. The van der Waals surface area contributed by atoms with Gasteiger partial charge in [0, 0.05) is 0 Å². The van der Waals surface area contributed by atoms with Crippen LogP contribution in [0.5, 0.6) is 0 Å². The number of halogens is 1. The van der Waals surface area contributed by atoms with Crippen molar-refractivity contribution in [3.05, 3.63) is 10.3 Å². The molecule has 0 bridgehead atoms. The summed E-state index contributed by atoms with van der Waals surface area (Å²) >= 11 is 3.39. The van der Waals surface area contributed by atoms with Gasteiger partial charge in [-0.05, 0) is 55.2 Å². The average molecular weight is 259 g/mol. The Bertz CT molecular complexity index is 302. The fourth-order valence-electron chi connectivity index (χ4n) is 1.91. The van der Waals surface area contributed by atoms with Gasteiger partial charge < -0.3 is 5.32 Å².